The fraction of sp³-hybridized carbons (Fsp3) is 0.115. The molecule has 0 aliphatic heterocycles. The largest absolute Gasteiger partial charge is 0.508 e. The third-order valence-corrected chi connectivity index (χ3v) is 5.52. The van der Waals surface area contributed by atoms with Crippen molar-refractivity contribution in [3.05, 3.63) is 101 Å². The number of nitrogens with two attached hydrogens (primary N) is 1. The van der Waals surface area contributed by atoms with Gasteiger partial charge in [-0.25, -0.2) is 4.79 Å². The number of carbonyl (C=O) groups is 3. The Hall–Kier alpha value is -4.11. The van der Waals surface area contributed by atoms with Crippen molar-refractivity contribution < 1.29 is 24.2 Å². The zero-order valence-corrected chi connectivity index (χ0v) is 20.4. The van der Waals surface area contributed by atoms with Crippen molar-refractivity contribution >= 4 is 45.2 Å². The molecule has 3 aromatic rings. The molecule has 0 spiro atoms. The Morgan fingerprint density at radius 2 is 1.71 bits per heavy atom. The van der Waals surface area contributed by atoms with Gasteiger partial charge in [-0.15, -0.1) is 0 Å². The zero-order valence-electron chi connectivity index (χ0n) is 18.8. The average molecular weight is 538 g/mol. The number of imide groups is 1. The molecule has 0 fully saturated rings. The van der Waals surface area contributed by atoms with Crippen molar-refractivity contribution in [2.45, 2.75) is 13.0 Å². The van der Waals surface area contributed by atoms with Crippen molar-refractivity contribution in [2.75, 3.05) is 11.1 Å². The molecule has 2 atom stereocenters. The van der Waals surface area contributed by atoms with Gasteiger partial charge in [0.2, 0.25) is 5.91 Å². The molecule has 0 saturated carbocycles. The van der Waals surface area contributed by atoms with E-state index in [2.05, 4.69) is 26.6 Å². The Kier molecular flexibility index (Phi) is 8.63. The third kappa shape index (κ3) is 7.18. The minimum Gasteiger partial charge on any atom is -0.508 e. The molecule has 0 aliphatic carbocycles. The highest BCUT2D eigenvalue weighted by molar-refractivity contribution is 9.10. The molecular weight excluding hydrogens is 514 g/mol. The van der Waals surface area contributed by atoms with Crippen LogP contribution in [0.15, 0.2) is 89.4 Å². The summed E-state index contributed by atoms with van der Waals surface area (Å²) < 4.78 is 6.19. The number of alkyl carbamates (subject to hydrolysis) is 1. The highest BCUT2D eigenvalue weighted by Crippen LogP contribution is 2.35. The van der Waals surface area contributed by atoms with Crippen LogP contribution in [0.25, 0.3) is 0 Å². The van der Waals surface area contributed by atoms with E-state index in [1.807, 2.05) is 0 Å². The van der Waals surface area contributed by atoms with E-state index in [0.29, 0.717) is 21.4 Å². The molecular formula is C26H24BrN3O5. The summed E-state index contributed by atoms with van der Waals surface area (Å²) in [7, 11) is 0. The lowest BCUT2D eigenvalue weighted by molar-refractivity contribution is -0.111. The number of ether oxygens (including phenoxy) is 1. The summed E-state index contributed by atoms with van der Waals surface area (Å²) in [5.74, 6) is -1.74. The van der Waals surface area contributed by atoms with Gasteiger partial charge in [0.05, 0.1) is 11.4 Å². The van der Waals surface area contributed by atoms with E-state index in [1.165, 1.54) is 18.2 Å². The number of anilines is 2. The van der Waals surface area contributed by atoms with Crippen molar-refractivity contribution in [1.29, 1.82) is 0 Å². The number of nitrogen functional groups attached to an aromatic ring is 1. The zero-order chi connectivity index (χ0) is 25.4. The molecule has 8 nitrogen and oxygen atoms in total. The van der Waals surface area contributed by atoms with Crippen LogP contribution < -0.4 is 16.4 Å². The molecule has 0 saturated heterocycles. The predicted octanol–water partition coefficient (Wildman–Crippen LogP) is 5.18. The molecule has 0 heterocycles. The number of rotatable bonds is 7. The summed E-state index contributed by atoms with van der Waals surface area (Å²) >= 11 is 3.34. The SMILES string of the molecule is C[C@@H](/C=C/C(=O)Nc1ccccc1N)[C@@H](OC(=O)NC(=O)c1ccccc1)c1cc(Br)ccc1O. The topological polar surface area (TPSA) is 131 Å². The monoisotopic (exact) mass is 537 g/mol. The van der Waals surface area contributed by atoms with Gasteiger partial charge in [-0.2, -0.15) is 0 Å². The van der Waals surface area contributed by atoms with Crippen molar-refractivity contribution in [3.63, 3.8) is 0 Å². The van der Waals surface area contributed by atoms with Crippen LogP contribution in [0.2, 0.25) is 0 Å². The third-order valence-electron chi connectivity index (χ3n) is 5.03. The summed E-state index contributed by atoms with van der Waals surface area (Å²) in [5, 5.41) is 15.3. The first-order valence-corrected chi connectivity index (χ1v) is 11.4. The van der Waals surface area contributed by atoms with Crippen LogP contribution in [0, 0.1) is 5.92 Å². The van der Waals surface area contributed by atoms with E-state index >= 15 is 0 Å². The quantitative estimate of drug-likeness (QED) is 0.242. The standard InChI is InChI=1S/C26H24BrN3O5/c1-16(11-14-23(32)29-21-10-6-5-9-20(21)28)24(19-15-18(27)12-13-22(19)31)35-26(34)30-25(33)17-7-3-2-4-8-17/h2-16,24,31H,28H2,1H3,(H,29,32)(H,30,33,34)/b14-11+/t16-,24+/m0/s1. The maximum atomic E-state index is 12.6. The lowest BCUT2D eigenvalue weighted by atomic mass is 9.96. The molecule has 5 N–H and O–H groups in total. The molecule has 0 bridgehead atoms. The van der Waals surface area contributed by atoms with Gasteiger partial charge in [0, 0.05) is 21.5 Å². The van der Waals surface area contributed by atoms with Crippen LogP contribution >= 0.6 is 15.9 Å². The van der Waals surface area contributed by atoms with Crippen LogP contribution in [-0.4, -0.2) is 23.0 Å². The molecule has 3 aromatic carbocycles. The maximum Gasteiger partial charge on any atom is 0.414 e. The Labute approximate surface area is 210 Å². The number of phenolic OH excluding ortho intramolecular Hbond substituents is 1. The number of hydrogen-bond donors (Lipinski definition) is 4. The fourth-order valence-corrected chi connectivity index (χ4v) is 3.61. The summed E-state index contributed by atoms with van der Waals surface area (Å²) in [5.41, 5.74) is 7.32. The van der Waals surface area contributed by atoms with Crippen molar-refractivity contribution in [1.82, 2.24) is 5.32 Å². The van der Waals surface area contributed by atoms with Crippen molar-refractivity contribution in [3.8, 4) is 5.75 Å². The number of carbonyl (C=O) groups excluding carboxylic acids is 3. The normalized spacial score (nSPS) is 12.5. The summed E-state index contributed by atoms with van der Waals surface area (Å²) in [6.45, 7) is 1.71. The first kappa shape index (κ1) is 25.5. The van der Waals surface area contributed by atoms with Gasteiger partial charge in [-0.05, 0) is 48.5 Å². The number of amides is 3. The van der Waals surface area contributed by atoms with Gasteiger partial charge >= 0.3 is 6.09 Å². The second-order valence-electron chi connectivity index (χ2n) is 7.64. The fourth-order valence-electron chi connectivity index (χ4n) is 3.23. The number of nitrogens with one attached hydrogen (secondary N) is 2. The van der Waals surface area contributed by atoms with Crippen LogP contribution in [0.5, 0.6) is 5.75 Å². The summed E-state index contributed by atoms with van der Waals surface area (Å²) in [4.78, 5) is 37.3. The lowest BCUT2D eigenvalue weighted by Crippen LogP contribution is -2.33. The highest BCUT2D eigenvalue weighted by atomic mass is 79.9. The highest BCUT2D eigenvalue weighted by Gasteiger charge is 2.26. The van der Waals surface area contributed by atoms with Gasteiger partial charge in [-0.3, -0.25) is 14.9 Å². The number of aromatic hydroxyl groups is 1. The predicted molar refractivity (Wildman–Crippen MR) is 137 cm³/mol. The second-order valence-corrected chi connectivity index (χ2v) is 8.56. The molecule has 3 amide bonds. The van der Waals surface area contributed by atoms with Gasteiger partial charge in [0.15, 0.2) is 0 Å². The molecule has 0 unspecified atom stereocenters. The van der Waals surface area contributed by atoms with Gasteiger partial charge in [-0.1, -0.05) is 59.3 Å². The molecule has 35 heavy (non-hydrogen) atoms. The minimum absolute atomic E-state index is 0.109. The number of hydrogen-bond acceptors (Lipinski definition) is 6. The van der Waals surface area contributed by atoms with Gasteiger partial charge in [0.1, 0.15) is 11.9 Å². The van der Waals surface area contributed by atoms with Crippen LogP contribution in [0.4, 0.5) is 16.2 Å². The second kappa shape index (κ2) is 11.8. The van der Waals surface area contributed by atoms with E-state index in [9.17, 15) is 19.5 Å². The lowest BCUT2D eigenvalue weighted by Gasteiger charge is -2.23. The Morgan fingerprint density at radius 1 is 1.03 bits per heavy atom. The van der Waals surface area contributed by atoms with Crippen LogP contribution in [0.3, 0.4) is 0 Å². The summed E-state index contributed by atoms with van der Waals surface area (Å²) in [6.07, 6.45) is 0.813. The average Bonchev–Trinajstić information content (AvgIpc) is 2.84. The van der Waals surface area contributed by atoms with Gasteiger partial charge in [0.25, 0.3) is 5.91 Å². The molecule has 180 valence electrons. The van der Waals surface area contributed by atoms with Crippen LogP contribution in [-0.2, 0) is 9.53 Å². The van der Waals surface area contributed by atoms with Gasteiger partial charge < -0.3 is 20.9 Å². The maximum absolute atomic E-state index is 12.6. The number of phenols is 1. The Morgan fingerprint density at radius 3 is 2.43 bits per heavy atom. The molecule has 3 rings (SSSR count). The number of para-hydroxylation sites is 2. The first-order chi connectivity index (χ1) is 16.7. The van der Waals surface area contributed by atoms with Crippen molar-refractivity contribution in [2.24, 2.45) is 5.92 Å². The molecule has 9 heteroatoms. The first-order valence-electron chi connectivity index (χ1n) is 10.6. The van der Waals surface area contributed by atoms with E-state index in [0.717, 1.165) is 0 Å². The van der Waals surface area contributed by atoms with E-state index in [4.69, 9.17) is 10.5 Å². The smallest absolute Gasteiger partial charge is 0.414 e. The van der Waals surface area contributed by atoms with E-state index < -0.39 is 29.9 Å². The molecule has 0 aliphatic rings. The molecule has 0 aromatic heterocycles. The Balaban J connectivity index is 1.77. The van der Waals surface area contributed by atoms with E-state index in [-0.39, 0.29) is 11.3 Å². The number of benzene rings is 3. The molecule has 0 radical (unpaired) electrons. The Bertz CT molecular complexity index is 1250. The minimum atomic E-state index is -1.01. The van der Waals surface area contributed by atoms with Crippen LogP contribution in [0.1, 0.15) is 28.9 Å². The summed E-state index contributed by atoms with van der Waals surface area (Å²) in [6, 6.07) is 19.7. The number of halogens is 1. The van der Waals surface area contributed by atoms with E-state index in [1.54, 1.807) is 73.7 Å².